The number of ketones is 1. The number of benzene rings is 1. The van der Waals surface area contributed by atoms with Gasteiger partial charge in [0, 0.05) is 24.8 Å². The van der Waals surface area contributed by atoms with Crippen LogP contribution in [0.15, 0.2) is 30.3 Å². The van der Waals surface area contributed by atoms with Crippen LogP contribution in [0.3, 0.4) is 0 Å². The first-order valence-electron chi connectivity index (χ1n) is 11.5. The number of alkyl halides is 3. The van der Waals surface area contributed by atoms with E-state index < -0.39 is 11.9 Å². The molecule has 170 valence electrons. The molecule has 0 radical (unpaired) electrons. The minimum absolute atomic E-state index is 0.0207. The van der Waals surface area contributed by atoms with Crippen molar-refractivity contribution in [3.8, 4) is 0 Å². The summed E-state index contributed by atoms with van der Waals surface area (Å²) in [4.78, 5) is 19.2. The van der Waals surface area contributed by atoms with Gasteiger partial charge in [0.25, 0.3) is 0 Å². The van der Waals surface area contributed by atoms with E-state index in [-0.39, 0.29) is 17.7 Å². The summed E-state index contributed by atoms with van der Waals surface area (Å²) >= 11 is 0. The highest BCUT2D eigenvalue weighted by molar-refractivity contribution is 5.89. The summed E-state index contributed by atoms with van der Waals surface area (Å²) in [6.45, 7) is 7.53. The molecule has 1 aromatic carbocycles. The number of halogens is 3. The van der Waals surface area contributed by atoms with Gasteiger partial charge in [0.15, 0.2) is 0 Å². The Morgan fingerprint density at radius 2 is 1.94 bits per heavy atom. The minimum Gasteiger partial charge on any atom is -0.303 e. The molecule has 1 aromatic heterocycles. The molecule has 2 atom stereocenters. The predicted octanol–water partition coefficient (Wildman–Crippen LogP) is 6.29. The molecule has 6 heteroatoms. The molecule has 0 saturated carbocycles. The van der Waals surface area contributed by atoms with Crippen molar-refractivity contribution >= 4 is 16.7 Å². The maximum absolute atomic E-state index is 13.3. The number of rotatable bonds is 9. The second-order valence-electron chi connectivity index (χ2n) is 8.83. The Morgan fingerprint density at radius 3 is 2.65 bits per heavy atom. The Morgan fingerprint density at radius 1 is 1.16 bits per heavy atom. The van der Waals surface area contributed by atoms with E-state index in [9.17, 15) is 18.0 Å². The normalized spacial score (nSPS) is 20.3. The van der Waals surface area contributed by atoms with Crippen LogP contribution < -0.4 is 0 Å². The summed E-state index contributed by atoms with van der Waals surface area (Å²) in [5, 5.41) is 0.627. The van der Waals surface area contributed by atoms with Crippen molar-refractivity contribution < 1.29 is 18.0 Å². The van der Waals surface area contributed by atoms with E-state index in [0.717, 1.165) is 38.5 Å². The first kappa shape index (κ1) is 23.7. The van der Waals surface area contributed by atoms with Crippen LogP contribution in [0.1, 0.15) is 63.6 Å². The molecule has 0 N–H and O–H groups in total. The van der Waals surface area contributed by atoms with Crippen molar-refractivity contribution in [2.24, 2.45) is 11.8 Å². The van der Waals surface area contributed by atoms with Crippen LogP contribution >= 0.6 is 0 Å². The maximum atomic E-state index is 13.3. The van der Waals surface area contributed by atoms with Crippen LogP contribution in [-0.2, 0) is 17.4 Å². The van der Waals surface area contributed by atoms with Gasteiger partial charge in [-0.25, -0.2) is 4.98 Å². The van der Waals surface area contributed by atoms with Gasteiger partial charge in [-0.15, -0.1) is 0 Å². The quantitative estimate of drug-likeness (QED) is 0.435. The van der Waals surface area contributed by atoms with E-state index in [2.05, 4.69) is 23.7 Å². The second kappa shape index (κ2) is 10.6. The average Bonchev–Trinajstić information content (AvgIpc) is 2.74. The molecule has 0 spiro atoms. The van der Waals surface area contributed by atoms with E-state index >= 15 is 0 Å². The summed E-state index contributed by atoms with van der Waals surface area (Å²) in [6.07, 6.45) is 1.63. The van der Waals surface area contributed by atoms with Gasteiger partial charge >= 0.3 is 6.18 Å². The van der Waals surface area contributed by atoms with Crippen LogP contribution in [0, 0.1) is 11.8 Å². The van der Waals surface area contributed by atoms with E-state index in [0.29, 0.717) is 29.2 Å². The molecule has 31 heavy (non-hydrogen) atoms. The van der Waals surface area contributed by atoms with Gasteiger partial charge < -0.3 is 4.90 Å². The molecule has 1 aliphatic rings. The first-order chi connectivity index (χ1) is 14.8. The number of likely N-dealkylation sites (tertiary alicyclic amines) is 1. The van der Waals surface area contributed by atoms with Gasteiger partial charge in [-0.05, 0) is 55.5 Å². The van der Waals surface area contributed by atoms with Crippen LogP contribution in [0.5, 0.6) is 0 Å². The minimum atomic E-state index is -4.53. The molecule has 2 aromatic rings. The highest BCUT2D eigenvalue weighted by Gasteiger charge is 2.34. The van der Waals surface area contributed by atoms with E-state index in [4.69, 9.17) is 0 Å². The summed E-state index contributed by atoms with van der Waals surface area (Å²) in [6, 6.07) is 7.80. The third kappa shape index (κ3) is 6.28. The largest absolute Gasteiger partial charge is 0.433 e. The van der Waals surface area contributed by atoms with Crippen molar-refractivity contribution in [3.63, 3.8) is 0 Å². The number of hydrogen-bond donors (Lipinski definition) is 0. The summed E-state index contributed by atoms with van der Waals surface area (Å²) < 4.78 is 39.9. The lowest BCUT2D eigenvalue weighted by atomic mass is 9.79. The standard InChI is InChI=1S/C25H33F3N2O/c1-3-5-8-12-30-13-11-19(18(4-2)17-30)14-21(31)15-20-16-24(25(26,27)28)29-23-10-7-6-9-22(20)23/h6-7,9-10,16,18-19H,3-5,8,11-15,17H2,1-2H3/t18-,19-/m0/s1. The number of para-hydroxylation sites is 1. The third-order valence-electron chi connectivity index (χ3n) is 6.55. The zero-order chi connectivity index (χ0) is 22.4. The SMILES string of the molecule is CCCCCN1CC[C@@H](CC(=O)Cc2cc(C(F)(F)F)nc3ccccc23)[C@@H](CC)C1. The van der Waals surface area contributed by atoms with E-state index in [1.54, 1.807) is 24.3 Å². The maximum Gasteiger partial charge on any atom is 0.433 e. The highest BCUT2D eigenvalue weighted by atomic mass is 19.4. The van der Waals surface area contributed by atoms with Gasteiger partial charge in [-0.2, -0.15) is 13.2 Å². The molecule has 0 amide bonds. The Bertz CT molecular complexity index is 881. The van der Waals surface area contributed by atoms with Crippen molar-refractivity contribution in [3.05, 3.63) is 41.6 Å². The number of carbonyl (C=O) groups is 1. The van der Waals surface area contributed by atoms with Crippen LogP contribution in [-0.4, -0.2) is 35.3 Å². The van der Waals surface area contributed by atoms with Crippen LogP contribution in [0.25, 0.3) is 10.9 Å². The Kier molecular flexibility index (Phi) is 8.09. The first-order valence-corrected chi connectivity index (χ1v) is 11.5. The smallest absolute Gasteiger partial charge is 0.303 e. The third-order valence-corrected chi connectivity index (χ3v) is 6.55. The fourth-order valence-electron chi connectivity index (χ4n) is 4.79. The van der Waals surface area contributed by atoms with Crippen molar-refractivity contribution in [2.45, 2.75) is 65.0 Å². The van der Waals surface area contributed by atoms with Crippen molar-refractivity contribution in [2.75, 3.05) is 19.6 Å². The lowest BCUT2D eigenvalue weighted by molar-refractivity contribution is -0.141. The number of aromatic nitrogens is 1. The summed E-state index contributed by atoms with van der Waals surface area (Å²) in [5.41, 5.74) is -0.222. The average molecular weight is 435 g/mol. The van der Waals surface area contributed by atoms with Gasteiger partial charge in [-0.1, -0.05) is 51.3 Å². The zero-order valence-electron chi connectivity index (χ0n) is 18.5. The van der Waals surface area contributed by atoms with Gasteiger partial charge in [0.05, 0.1) is 5.52 Å². The Hall–Kier alpha value is -1.95. The number of hydrogen-bond acceptors (Lipinski definition) is 3. The van der Waals surface area contributed by atoms with Crippen molar-refractivity contribution in [1.82, 2.24) is 9.88 Å². The lowest BCUT2D eigenvalue weighted by Gasteiger charge is -2.38. The second-order valence-corrected chi connectivity index (χ2v) is 8.83. The molecule has 1 saturated heterocycles. The summed E-state index contributed by atoms with van der Waals surface area (Å²) in [7, 11) is 0. The number of fused-ring (bicyclic) bond motifs is 1. The summed E-state index contributed by atoms with van der Waals surface area (Å²) in [5.74, 6) is 0.807. The molecule has 3 rings (SSSR count). The molecular weight excluding hydrogens is 401 g/mol. The molecule has 0 unspecified atom stereocenters. The molecule has 1 aliphatic heterocycles. The topological polar surface area (TPSA) is 33.2 Å². The van der Waals surface area contributed by atoms with Crippen LogP contribution in [0.4, 0.5) is 13.2 Å². The predicted molar refractivity (Wildman–Crippen MR) is 118 cm³/mol. The number of nitrogens with zero attached hydrogens (tertiary/aromatic N) is 2. The number of Topliss-reactive ketones (excluding diaryl/α,β-unsaturated/α-hetero) is 1. The number of carbonyl (C=O) groups excluding carboxylic acids is 1. The van der Waals surface area contributed by atoms with E-state index in [1.807, 2.05) is 0 Å². The highest BCUT2D eigenvalue weighted by Crippen LogP contribution is 2.33. The van der Waals surface area contributed by atoms with E-state index in [1.165, 1.54) is 19.3 Å². The molecule has 3 nitrogen and oxygen atoms in total. The molecule has 2 heterocycles. The number of pyridine rings is 1. The molecule has 0 aliphatic carbocycles. The van der Waals surface area contributed by atoms with Gasteiger partial charge in [0.2, 0.25) is 0 Å². The number of piperidine rings is 1. The monoisotopic (exact) mass is 434 g/mol. The van der Waals surface area contributed by atoms with Gasteiger partial charge in [0.1, 0.15) is 11.5 Å². The zero-order valence-corrected chi connectivity index (χ0v) is 18.5. The van der Waals surface area contributed by atoms with Crippen molar-refractivity contribution in [1.29, 1.82) is 0 Å². The van der Waals surface area contributed by atoms with Crippen LogP contribution in [0.2, 0.25) is 0 Å². The molecule has 1 fully saturated rings. The lowest BCUT2D eigenvalue weighted by Crippen LogP contribution is -2.41. The molecule has 0 bridgehead atoms. The molecular formula is C25H33F3N2O. The van der Waals surface area contributed by atoms with Gasteiger partial charge in [-0.3, -0.25) is 4.79 Å². The number of unbranched alkanes of at least 4 members (excludes halogenated alkanes) is 2. The fraction of sp³-hybridized carbons (Fsp3) is 0.600. The fourth-order valence-corrected chi connectivity index (χ4v) is 4.79. The Balaban J connectivity index is 1.69. The Labute approximate surface area is 183 Å².